The quantitative estimate of drug-likeness (QED) is 0.157. The van der Waals surface area contributed by atoms with Gasteiger partial charge in [-0.15, -0.1) is 0 Å². The molecule has 0 spiro atoms. The zero-order valence-corrected chi connectivity index (χ0v) is 26.1. The summed E-state index contributed by atoms with van der Waals surface area (Å²) in [6, 6.07) is 21.1. The van der Waals surface area contributed by atoms with Crippen LogP contribution in [-0.4, -0.2) is 55.2 Å². The van der Waals surface area contributed by atoms with Crippen molar-refractivity contribution >= 4 is 51.9 Å². The van der Waals surface area contributed by atoms with Gasteiger partial charge in [0.15, 0.2) is 11.6 Å². The van der Waals surface area contributed by atoms with E-state index in [2.05, 4.69) is 45.0 Å². The molecule has 0 bridgehead atoms. The van der Waals surface area contributed by atoms with Crippen LogP contribution in [0, 0.1) is 6.92 Å². The second kappa shape index (κ2) is 21.8. The summed E-state index contributed by atoms with van der Waals surface area (Å²) in [4.78, 5) is 18.5. The summed E-state index contributed by atoms with van der Waals surface area (Å²) in [6.07, 6.45) is 0.694. The fourth-order valence-corrected chi connectivity index (χ4v) is 3.08. The minimum Gasteiger partial charge on any atom is -0.497 e. The molecule has 0 aliphatic heterocycles. The van der Waals surface area contributed by atoms with E-state index in [-0.39, 0.29) is 12.6 Å². The van der Waals surface area contributed by atoms with Crippen LogP contribution in [0.4, 0.5) is 23.0 Å². The van der Waals surface area contributed by atoms with Gasteiger partial charge in [-0.3, -0.25) is 0 Å². The van der Waals surface area contributed by atoms with Crippen LogP contribution in [0.25, 0.3) is 11.0 Å². The summed E-state index contributed by atoms with van der Waals surface area (Å²) < 4.78 is 5.22. The van der Waals surface area contributed by atoms with Crippen LogP contribution < -0.4 is 26.4 Å². The summed E-state index contributed by atoms with van der Waals surface area (Å²) in [5.74, 6) is 1.97. The van der Waals surface area contributed by atoms with E-state index in [1.807, 2.05) is 63.4 Å². The van der Waals surface area contributed by atoms with Crippen molar-refractivity contribution in [3.63, 3.8) is 0 Å². The third-order valence-corrected chi connectivity index (χ3v) is 5.08. The molecular weight excluding hydrogens is 540 g/mol. The van der Waals surface area contributed by atoms with Gasteiger partial charge in [-0.05, 0) is 62.7 Å². The van der Waals surface area contributed by atoms with Gasteiger partial charge < -0.3 is 36.3 Å². The number of nitrogens with one attached hydrogen (secondary N) is 3. The Morgan fingerprint density at radius 1 is 0.976 bits per heavy atom. The lowest BCUT2D eigenvalue weighted by Gasteiger charge is -2.13. The minimum absolute atomic E-state index is 0.250. The molecule has 0 aliphatic carbocycles. The van der Waals surface area contributed by atoms with Crippen molar-refractivity contribution in [1.29, 1.82) is 0 Å². The lowest BCUT2D eigenvalue weighted by atomic mass is 10.2. The molecule has 41 heavy (non-hydrogen) atoms. The number of hydrogen-bond acceptors (Lipinski definition) is 9. The number of halogens is 1. The van der Waals surface area contributed by atoms with Gasteiger partial charge in [-0.1, -0.05) is 49.7 Å². The number of para-hydroxylation sites is 2. The topological polar surface area (TPSA) is 134 Å². The molecule has 0 radical (unpaired) electrons. The lowest BCUT2D eigenvalue weighted by Crippen LogP contribution is -2.15. The van der Waals surface area contributed by atoms with Crippen LogP contribution >= 0.6 is 11.6 Å². The second-order valence-electron chi connectivity index (χ2n) is 8.06. The molecule has 1 unspecified atom stereocenters. The van der Waals surface area contributed by atoms with E-state index < -0.39 is 0 Å². The third-order valence-electron chi connectivity index (χ3n) is 4.76. The first-order valence-corrected chi connectivity index (χ1v) is 13.7. The number of aromatic nitrogens is 2. The molecule has 9 nitrogen and oxygen atoms in total. The van der Waals surface area contributed by atoms with Crippen molar-refractivity contribution in [1.82, 2.24) is 9.97 Å². The molecule has 4 aromatic rings. The van der Waals surface area contributed by atoms with E-state index in [1.165, 1.54) is 11.3 Å². The molecule has 4 rings (SSSR count). The van der Waals surface area contributed by atoms with Crippen LogP contribution in [0.2, 0.25) is 5.02 Å². The standard InChI is InChI=1S/C16H15ClN4O.C8H11N.C3H7NO.C2H6O.C2H6/c1-18-15-16(20-13-6-4-3-5-12(13)19-15)21-14-9-10(22-2)7-8-11(14)17;1-7-4-3-5-8(6-7)9-2;1-3(4)2-5;1-2-3;1-2/h3-9H,1-2H3,(H,18,19)(H,20,21);3-6,9H,1-2H3;2-3H,4H2,1H3;3H,2H2,1H3;1-2H3. The largest absolute Gasteiger partial charge is 0.497 e. The molecule has 1 heterocycles. The molecule has 0 aliphatic rings. The molecule has 0 fully saturated rings. The number of hydrogen-bond donors (Lipinski definition) is 5. The van der Waals surface area contributed by atoms with Crippen molar-refractivity contribution in [3.05, 3.63) is 77.3 Å². The van der Waals surface area contributed by atoms with Crippen molar-refractivity contribution in [3.8, 4) is 5.75 Å². The summed E-state index contributed by atoms with van der Waals surface area (Å²) in [5, 5.41) is 17.5. The number of aldehydes is 1. The van der Waals surface area contributed by atoms with Gasteiger partial charge in [0.1, 0.15) is 12.0 Å². The summed E-state index contributed by atoms with van der Waals surface area (Å²) >= 11 is 6.23. The molecule has 224 valence electrons. The summed E-state index contributed by atoms with van der Waals surface area (Å²) in [5.41, 5.74) is 9.74. The molecule has 0 saturated carbocycles. The van der Waals surface area contributed by atoms with E-state index in [0.717, 1.165) is 11.0 Å². The zero-order valence-electron chi connectivity index (χ0n) is 25.3. The summed E-state index contributed by atoms with van der Waals surface area (Å²) in [7, 11) is 5.34. The number of benzene rings is 3. The van der Waals surface area contributed by atoms with E-state index in [0.29, 0.717) is 34.4 Å². The predicted octanol–water partition coefficient (Wildman–Crippen LogP) is 6.67. The number of aliphatic hydroxyl groups is 1. The van der Waals surface area contributed by atoms with Gasteiger partial charge in [-0.25, -0.2) is 9.97 Å². The van der Waals surface area contributed by atoms with Crippen molar-refractivity contribution < 1.29 is 14.6 Å². The molecule has 10 heteroatoms. The highest BCUT2D eigenvalue weighted by molar-refractivity contribution is 6.33. The molecule has 1 atom stereocenters. The Morgan fingerprint density at radius 2 is 1.54 bits per heavy atom. The maximum atomic E-state index is 9.38. The van der Waals surface area contributed by atoms with Crippen LogP contribution in [0.1, 0.15) is 33.3 Å². The molecule has 6 N–H and O–H groups in total. The Hall–Kier alpha value is -3.92. The van der Waals surface area contributed by atoms with Gasteiger partial charge in [0, 0.05) is 32.5 Å². The highest BCUT2D eigenvalue weighted by Crippen LogP contribution is 2.31. The zero-order chi connectivity index (χ0) is 31.2. The van der Waals surface area contributed by atoms with Gasteiger partial charge in [0.25, 0.3) is 0 Å². The minimum atomic E-state index is -0.296. The maximum Gasteiger partial charge on any atom is 0.174 e. The van der Waals surface area contributed by atoms with Crippen LogP contribution in [0.5, 0.6) is 5.75 Å². The van der Waals surface area contributed by atoms with E-state index in [4.69, 9.17) is 27.2 Å². The molecule has 1 aromatic heterocycles. The predicted molar refractivity (Wildman–Crippen MR) is 175 cm³/mol. The fraction of sp³-hybridized carbons (Fsp3) is 0.323. The molecule has 0 saturated heterocycles. The highest BCUT2D eigenvalue weighted by atomic mass is 35.5. The highest BCUT2D eigenvalue weighted by Gasteiger charge is 2.10. The first kappa shape index (κ1) is 37.1. The van der Waals surface area contributed by atoms with Gasteiger partial charge in [0.05, 0.1) is 34.9 Å². The summed E-state index contributed by atoms with van der Waals surface area (Å²) in [6.45, 7) is 9.65. The first-order valence-electron chi connectivity index (χ1n) is 13.3. The Labute approximate surface area is 249 Å². The number of methoxy groups -OCH3 is 1. The molecular formula is C31H45ClN6O3. The third kappa shape index (κ3) is 14.3. The number of rotatable bonds is 6. The number of nitrogens with zero attached hydrogens (tertiary/aromatic N) is 2. The van der Waals surface area contributed by atoms with Crippen LogP contribution in [-0.2, 0) is 4.79 Å². The van der Waals surface area contributed by atoms with Crippen molar-refractivity contribution in [2.75, 3.05) is 43.8 Å². The number of fused-ring (bicyclic) bond motifs is 1. The average molecular weight is 585 g/mol. The number of aryl methyl sites for hydroxylation is 1. The molecule has 3 aromatic carbocycles. The van der Waals surface area contributed by atoms with Gasteiger partial charge in [0.2, 0.25) is 0 Å². The SMILES string of the molecule is CC.CC(N)C=O.CCO.CNc1cccc(C)c1.CNc1nc2ccccc2nc1Nc1cc(OC)ccc1Cl. The van der Waals surface area contributed by atoms with Crippen LogP contribution in [0.15, 0.2) is 66.7 Å². The van der Waals surface area contributed by atoms with Gasteiger partial charge >= 0.3 is 0 Å². The Bertz CT molecular complexity index is 1290. The lowest BCUT2D eigenvalue weighted by molar-refractivity contribution is -0.108. The first-order chi connectivity index (χ1) is 19.7. The van der Waals surface area contributed by atoms with Crippen molar-refractivity contribution in [2.45, 2.75) is 40.7 Å². The number of carbonyl (C=O) groups is 1. The number of carbonyl (C=O) groups excluding carboxylic acids is 1. The van der Waals surface area contributed by atoms with E-state index >= 15 is 0 Å². The van der Waals surface area contributed by atoms with E-state index in [1.54, 1.807) is 40.1 Å². The number of ether oxygens (including phenoxy) is 1. The number of anilines is 4. The fourth-order valence-electron chi connectivity index (χ4n) is 2.92. The van der Waals surface area contributed by atoms with Gasteiger partial charge in [-0.2, -0.15) is 0 Å². The monoisotopic (exact) mass is 584 g/mol. The smallest absolute Gasteiger partial charge is 0.174 e. The number of aliphatic hydroxyl groups excluding tert-OH is 1. The second-order valence-corrected chi connectivity index (χ2v) is 8.47. The number of nitrogens with two attached hydrogens (primary N) is 1. The van der Waals surface area contributed by atoms with E-state index in [9.17, 15) is 4.79 Å². The maximum absolute atomic E-state index is 9.38. The average Bonchev–Trinajstić information content (AvgIpc) is 3.00. The Morgan fingerprint density at radius 3 is 1.98 bits per heavy atom. The Balaban J connectivity index is 0.000000694. The van der Waals surface area contributed by atoms with Crippen LogP contribution in [0.3, 0.4) is 0 Å². The Kier molecular flexibility index (Phi) is 19.8. The van der Waals surface area contributed by atoms with Crippen molar-refractivity contribution in [2.24, 2.45) is 5.73 Å². The molecule has 0 amide bonds. The normalized spacial score (nSPS) is 9.93.